The molecular weight excluding hydrogens is 338 g/mol. The zero-order chi connectivity index (χ0) is 18.9. The van der Waals surface area contributed by atoms with Crippen LogP contribution >= 0.6 is 0 Å². The number of aryl methyl sites for hydroxylation is 1. The van der Waals surface area contributed by atoms with Crippen LogP contribution in [0.5, 0.6) is 0 Å². The van der Waals surface area contributed by atoms with Gasteiger partial charge in [0, 0.05) is 43.5 Å². The van der Waals surface area contributed by atoms with E-state index in [1.807, 2.05) is 6.92 Å². The van der Waals surface area contributed by atoms with Crippen LogP contribution in [0.2, 0.25) is 0 Å². The Morgan fingerprint density at radius 1 is 1.19 bits per heavy atom. The number of amides is 1. The number of benzene rings is 1. The van der Waals surface area contributed by atoms with Crippen LogP contribution in [-0.4, -0.2) is 33.7 Å². The molecule has 138 valence electrons. The first-order valence-corrected chi connectivity index (χ1v) is 8.36. The Kier molecular flexibility index (Phi) is 6.84. The summed E-state index contributed by atoms with van der Waals surface area (Å²) in [5, 5.41) is 20.4. The largest absolute Gasteiger partial charge is 0.383 e. The number of unbranched alkanes of at least 4 members (excludes halogenated alkanes) is 1. The molecule has 0 fully saturated rings. The number of hydrogen-bond acceptors (Lipinski definition) is 6. The van der Waals surface area contributed by atoms with Gasteiger partial charge >= 0.3 is 0 Å². The van der Waals surface area contributed by atoms with Crippen molar-refractivity contribution in [3.05, 3.63) is 62.6 Å². The number of nitrogens with zero attached hydrogens (tertiary/aromatic N) is 3. The van der Waals surface area contributed by atoms with Crippen molar-refractivity contribution in [2.75, 3.05) is 18.4 Å². The highest BCUT2D eigenvalue weighted by atomic mass is 16.6. The minimum atomic E-state index is -0.461. The molecule has 1 amide bonds. The van der Waals surface area contributed by atoms with Gasteiger partial charge in [-0.25, -0.2) is 4.68 Å². The van der Waals surface area contributed by atoms with Crippen molar-refractivity contribution < 1.29 is 9.72 Å². The van der Waals surface area contributed by atoms with E-state index in [0.717, 1.165) is 18.5 Å². The van der Waals surface area contributed by atoms with Crippen LogP contribution in [0.25, 0.3) is 0 Å². The van der Waals surface area contributed by atoms with E-state index in [1.54, 1.807) is 12.1 Å². The number of nitro benzene ring substituents is 1. The SMILES string of the molecule is CCCCn1nc(C(=O)NCCNc2ccc([N+](=O)[O-])cc2)ccc1=O. The maximum Gasteiger partial charge on any atom is 0.271 e. The van der Waals surface area contributed by atoms with Crippen LogP contribution in [0.3, 0.4) is 0 Å². The quantitative estimate of drug-likeness (QED) is 0.400. The first kappa shape index (κ1) is 19.1. The summed E-state index contributed by atoms with van der Waals surface area (Å²) in [5.74, 6) is -0.360. The molecule has 0 atom stereocenters. The van der Waals surface area contributed by atoms with Crippen molar-refractivity contribution >= 4 is 17.3 Å². The Balaban J connectivity index is 1.83. The third-order valence-electron chi connectivity index (χ3n) is 3.64. The molecule has 2 rings (SSSR count). The van der Waals surface area contributed by atoms with E-state index in [4.69, 9.17) is 0 Å². The van der Waals surface area contributed by atoms with Gasteiger partial charge in [0.1, 0.15) is 5.69 Å². The Morgan fingerprint density at radius 2 is 1.92 bits per heavy atom. The fraction of sp³-hybridized carbons (Fsp3) is 0.353. The first-order chi connectivity index (χ1) is 12.5. The van der Waals surface area contributed by atoms with Crippen LogP contribution < -0.4 is 16.2 Å². The molecule has 0 aliphatic rings. The lowest BCUT2D eigenvalue weighted by Gasteiger charge is -2.09. The van der Waals surface area contributed by atoms with Gasteiger partial charge in [-0.3, -0.25) is 19.7 Å². The monoisotopic (exact) mass is 359 g/mol. The Hall–Kier alpha value is -3.23. The Labute approximate surface area is 150 Å². The molecule has 0 bridgehead atoms. The van der Waals surface area contributed by atoms with Gasteiger partial charge in [0.25, 0.3) is 17.2 Å². The summed E-state index contributed by atoms with van der Waals surface area (Å²) in [6.45, 7) is 3.28. The lowest BCUT2D eigenvalue weighted by atomic mass is 10.3. The summed E-state index contributed by atoms with van der Waals surface area (Å²) in [6, 6.07) is 8.77. The molecule has 0 aliphatic heterocycles. The second-order valence-electron chi connectivity index (χ2n) is 5.62. The van der Waals surface area contributed by atoms with Crippen LogP contribution in [-0.2, 0) is 6.54 Å². The molecule has 2 aromatic rings. The summed E-state index contributed by atoms with van der Waals surface area (Å²) in [4.78, 5) is 34.0. The number of nitro groups is 1. The number of aromatic nitrogens is 2. The summed E-state index contributed by atoms with van der Waals surface area (Å²) < 4.78 is 1.30. The predicted octanol–water partition coefficient (Wildman–Crippen LogP) is 1.79. The highest BCUT2D eigenvalue weighted by Crippen LogP contribution is 2.14. The lowest BCUT2D eigenvalue weighted by molar-refractivity contribution is -0.384. The van der Waals surface area contributed by atoms with E-state index in [0.29, 0.717) is 19.6 Å². The molecular formula is C17H21N5O4. The van der Waals surface area contributed by atoms with Gasteiger partial charge in [-0.2, -0.15) is 5.10 Å². The van der Waals surface area contributed by atoms with Crippen molar-refractivity contribution in [2.45, 2.75) is 26.3 Å². The summed E-state index contributed by atoms with van der Waals surface area (Å²) in [5.41, 5.74) is 0.704. The summed E-state index contributed by atoms with van der Waals surface area (Å²) in [7, 11) is 0. The maximum absolute atomic E-state index is 12.1. The zero-order valence-corrected chi connectivity index (χ0v) is 14.5. The number of anilines is 1. The van der Waals surface area contributed by atoms with E-state index in [1.165, 1.54) is 28.9 Å². The van der Waals surface area contributed by atoms with Crippen molar-refractivity contribution in [3.63, 3.8) is 0 Å². The zero-order valence-electron chi connectivity index (χ0n) is 14.5. The second-order valence-corrected chi connectivity index (χ2v) is 5.62. The molecule has 1 aromatic carbocycles. The maximum atomic E-state index is 12.1. The third kappa shape index (κ3) is 5.40. The van der Waals surface area contributed by atoms with Gasteiger partial charge < -0.3 is 10.6 Å². The van der Waals surface area contributed by atoms with Crippen molar-refractivity contribution in [3.8, 4) is 0 Å². The average molecular weight is 359 g/mol. The molecule has 0 aliphatic carbocycles. The van der Waals surface area contributed by atoms with Crippen molar-refractivity contribution in [2.24, 2.45) is 0 Å². The van der Waals surface area contributed by atoms with Gasteiger partial charge in [-0.1, -0.05) is 13.3 Å². The number of hydrogen-bond donors (Lipinski definition) is 2. The molecule has 0 unspecified atom stereocenters. The first-order valence-electron chi connectivity index (χ1n) is 8.36. The minimum absolute atomic E-state index is 0.0214. The molecule has 2 N–H and O–H groups in total. The third-order valence-corrected chi connectivity index (χ3v) is 3.64. The number of carbonyl (C=O) groups is 1. The van der Waals surface area contributed by atoms with Gasteiger partial charge in [-0.15, -0.1) is 0 Å². The number of non-ortho nitro benzene ring substituents is 1. The highest BCUT2D eigenvalue weighted by molar-refractivity contribution is 5.91. The van der Waals surface area contributed by atoms with Crippen LogP contribution in [0.15, 0.2) is 41.2 Å². The molecule has 9 heteroatoms. The van der Waals surface area contributed by atoms with E-state index in [9.17, 15) is 19.7 Å². The van der Waals surface area contributed by atoms with Crippen molar-refractivity contribution in [1.82, 2.24) is 15.1 Å². The fourth-order valence-electron chi connectivity index (χ4n) is 2.21. The fourth-order valence-corrected chi connectivity index (χ4v) is 2.21. The van der Waals surface area contributed by atoms with Gasteiger partial charge in [0.05, 0.1) is 4.92 Å². The molecule has 26 heavy (non-hydrogen) atoms. The molecule has 0 spiro atoms. The van der Waals surface area contributed by atoms with Crippen LogP contribution in [0, 0.1) is 10.1 Å². The lowest BCUT2D eigenvalue weighted by Crippen LogP contribution is -2.32. The van der Waals surface area contributed by atoms with Crippen molar-refractivity contribution in [1.29, 1.82) is 0 Å². The molecule has 1 aromatic heterocycles. The Morgan fingerprint density at radius 3 is 2.58 bits per heavy atom. The molecule has 0 radical (unpaired) electrons. The van der Waals surface area contributed by atoms with E-state index in [2.05, 4.69) is 15.7 Å². The second kappa shape index (κ2) is 9.30. The topological polar surface area (TPSA) is 119 Å². The van der Waals surface area contributed by atoms with E-state index in [-0.39, 0.29) is 22.8 Å². The number of nitrogens with one attached hydrogen (secondary N) is 2. The smallest absolute Gasteiger partial charge is 0.271 e. The summed E-state index contributed by atoms with van der Waals surface area (Å²) in [6.07, 6.45) is 1.75. The molecule has 1 heterocycles. The minimum Gasteiger partial charge on any atom is -0.383 e. The van der Waals surface area contributed by atoms with Gasteiger partial charge in [-0.05, 0) is 24.6 Å². The van der Waals surface area contributed by atoms with E-state index >= 15 is 0 Å². The molecule has 0 saturated heterocycles. The molecule has 9 nitrogen and oxygen atoms in total. The number of rotatable bonds is 9. The predicted molar refractivity (Wildman–Crippen MR) is 97.3 cm³/mol. The normalized spacial score (nSPS) is 10.3. The summed E-state index contributed by atoms with van der Waals surface area (Å²) >= 11 is 0. The molecule has 0 saturated carbocycles. The standard InChI is InChI=1S/C17H21N5O4/c1-2-3-12-21-16(23)9-8-15(20-21)17(24)19-11-10-18-13-4-6-14(7-5-13)22(25)26/h4-9,18H,2-3,10-12H2,1H3,(H,19,24). The van der Waals surface area contributed by atoms with Crippen LogP contribution in [0.1, 0.15) is 30.3 Å². The Bertz CT molecular complexity index is 817. The van der Waals surface area contributed by atoms with E-state index < -0.39 is 4.92 Å². The van der Waals surface area contributed by atoms with Gasteiger partial charge in [0.2, 0.25) is 0 Å². The van der Waals surface area contributed by atoms with Gasteiger partial charge in [0.15, 0.2) is 0 Å². The highest BCUT2D eigenvalue weighted by Gasteiger charge is 2.09. The average Bonchev–Trinajstić information content (AvgIpc) is 2.64. The number of carbonyl (C=O) groups excluding carboxylic acids is 1. The van der Waals surface area contributed by atoms with Crippen LogP contribution in [0.4, 0.5) is 11.4 Å².